The number of sulfone groups is 1. The number of rotatable bonds is 6. The molecule has 2 N–H and O–H groups in total. The lowest BCUT2D eigenvalue weighted by Gasteiger charge is -2.48. The largest absolute Gasteiger partial charge is 0.329 e. The van der Waals surface area contributed by atoms with Crippen molar-refractivity contribution in [3.05, 3.63) is 0 Å². The van der Waals surface area contributed by atoms with Crippen LogP contribution in [0.3, 0.4) is 0 Å². The van der Waals surface area contributed by atoms with Crippen molar-refractivity contribution >= 4 is 9.84 Å². The van der Waals surface area contributed by atoms with E-state index in [4.69, 9.17) is 5.73 Å². The highest BCUT2D eigenvalue weighted by Crippen LogP contribution is 2.30. The molecule has 0 aromatic heterocycles. The minimum atomic E-state index is -2.95. The van der Waals surface area contributed by atoms with Gasteiger partial charge in [-0.3, -0.25) is 4.90 Å². The van der Waals surface area contributed by atoms with Gasteiger partial charge in [-0.05, 0) is 40.4 Å². The smallest absolute Gasteiger partial charge is 0.152 e. The van der Waals surface area contributed by atoms with Crippen molar-refractivity contribution in [2.45, 2.75) is 38.3 Å². The summed E-state index contributed by atoms with van der Waals surface area (Å²) in [6.07, 6.45) is 1.61. The first kappa shape index (κ1) is 16.9. The van der Waals surface area contributed by atoms with Crippen LogP contribution in [-0.4, -0.2) is 75.0 Å². The van der Waals surface area contributed by atoms with E-state index >= 15 is 0 Å². The average Bonchev–Trinajstić information content (AvgIpc) is 2.27. The van der Waals surface area contributed by atoms with Gasteiger partial charge in [0.15, 0.2) is 9.84 Å². The maximum absolute atomic E-state index is 12.0. The molecule has 114 valence electrons. The van der Waals surface area contributed by atoms with Gasteiger partial charge in [-0.15, -0.1) is 0 Å². The summed E-state index contributed by atoms with van der Waals surface area (Å²) in [7, 11) is 1.12. The molecule has 0 spiro atoms. The fraction of sp³-hybridized carbons (Fsp3) is 1.00. The predicted molar refractivity (Wildman–Crippen MR) is 80.1 cm³/mol. The Kier molecular flexibility index (Phi) is 5.79. The Hall–Kier alpha value is -0.170. The van der Waals surface area contributed by atoms with Crippen molar-refractivity contribution in [1.29, 1.82) is 0 Å². The van der Waals surface area contributed by atoms with Crippen LogP contribution >= 0.6 is 0 Å². The van der Waals surface area contributed by atoms with Crippen LogP contribution in [0.25, 0.3) is 0 Å². The molecule has 0 saturated carbocycles. The Morgan fingerprint density at radius 1 is 1.37 bits per heavy atom. The first-order valence-corrected chi connectivity index (χ1v) is 8.90. The Bertz CT molecular complexity index is 383. The lowest BCUT2D eigenvalue weighted by Crippen LogP contribution is -2.63. The van der Waals surface area contributed by atoms with Gasteiger partial charge >= 0.3 is 0 Å². The summed E-state index contributed by atoms with van der Waals surface area (Å²) in [5.41, 5.74) is 5.61. The van der Waals surface area contributed by atoms with Gasteiger partial charge in [0.1, 0.15) is 0 Å². The number of hydrogen-bond acceptors (Lipinski definition) is 5. The number of likely N-dealkylation sites (N-methyl/N-ethyl adjacent to an activating group) is 2. The van der Waals surface area contributed by atoms with Gasteiger partial charge in [0.05, 0.1) is 11.5 Å². The van der Waals surface area contributed by atoms with Gasteiger partial charge in [0.25, 0.3) is 0 Å². The van der Waals surface area contributed by atoms with E-state index in [1.807, 2.05) is 14.1 Å². The highest BCUT2D eigenvalue weighted by atomic mass is 32.2. The van der Waals surface area contributed by atoms with Crippen molar-refractivity contribution < 1.29 is 8.42 Å². The molecule has 5 nitrogen and oxygen atoms in total. The molecule has 6 heteroatoms. The lowest BCUT2D eigenvalue weighted by molar-refractivity contribution is 0.0540. The molecule has 19 heavy (non-hydrogen) atoms. The highest BCUT2D eigenvalue weighted by Gasteiger charge is 2.43. The molecule has 1 fully saturated rings. The van der Waals surface area contributed by atoms with E-state index in [-0.39, 0.29) is 11.3 Å². The van der Waals surface area contributed by atoms with Crippen LogP contribution in [0.2, 0.25) is 0 Å². The molecule has 0 aromatic carbocycles. The molecule has 1 aliphatic heterocycles. The first-order valence-electron chi connectivity index (χ1n) is 7.08. The van der Waals surface area contributed by atoms with E-state index < -0.39 is 9.84 Å². The maximum atomic E-state index is 12.0. The van der Waals surface area contributed by atoms with Crippen LogP contribution in [0, 0.1) is 0 Å². The minimum Gasteiger partial charge on any atom is -0.329 e. The van der Waals surface area contributed by atoms with Crippen molar-refractivity contribution in [2.75, 3.05) is 45.2 Å². The molecule has 0 aromatic rings. The van der Waals surface area contributed by atoms with Crippen LogP contribution in [0.5, 0.6) is 0 Å². The average molecular weight is 291 g/mol. The molecule has 0 bridgehead atoms. The molecular weight excluding hydrogens is 262 g/mol. The molecule has 1 aliphatic rings. The fourth-order valence-corrected chi connectivity index (χ4v) is 5.40. The molecule has 1 rings (SSSR count). The van der Waals surface area contributed by atoms with Gasteiger partial charge < -0.3 is 10.6 Å². The van der Waals surface area contributed by atoms with Gasteiger partial charge in [-0.25, -0.2) is 8.42 Å². The third-order valence-corrected chi connectivity index (χ3v) is 5.97. The van der Waals surface area contributed by atoms with Crippen LogP contribution in [-0.2, 0) is 9.84 Å². The zero-order chi connectivity index (χ0) is 14.7. The summed E-state index contributed by atoms with van der Waals surface area (Å²) in [6, 6.07) is 0.303. The van der Waals surface area contributed by atoms with Crippen molar-refractivity contribution in [2.24, 2.45) is 5.73 Å². The summed E-state index contributed by atoms with van der Waals surface area (Å²) in [5, 5.41) is 0. The molecular formula is C13H29N3O2S. The lowest BCUT2D eigenvalue weighted by atomic mass is 9.91. The molecule has 1 heterocycles. The summed E-state index contributed by atoms with van der Waals surface area (Å²) < 4.78 is 24.0. The van der Waals surface area contributed by atoms with Crippen LogP contribution < -0.4 is 5.73 Å². The van der Waals surface area contributed by atoms with E-state index in [0.717, 1.165) is 25.9 Å². The van der Waals surface area contributed by atoms with Crippen LogP contribution in [0.15, 0.2) is 0 Å². The van der Waals surface area contributed by atoms with Crippen molar-refractivity contribution in [3.8, 4) is 0 Å². The summed E-state index contributed by atoms with van der Waals surface area (Å²) >= 11 is 0. The maximum Gasteiger partial charge on any atom is 0.152 e. The second-order valence-corrected chi connectivity index (χ2v) is 8.21. The van der Waals surface area contributed by atoms with Crippen molar-refractivity contribution in [3.63, 3.8) is 0 Å². The summed E-state index contributed by atoms with van der Waals surface area (Å²) in [4.78, 5) is 4.43. The first-order chi connectivity index (χ1) is 8.76. The van der Waals surface area contributed by atoms with Crippen LogP contribution in [0.4, 0.5) is 0 Å². The van der Waals surface area contributed by atoms with Gasteiger partial charge in [0, 0.05) is 24.7 Å². The minimum absolute atomic E-state index is 0.210. The molecule has 0 aliphatic carbocycles. The molecule has 0 radical (unpaired) electrons. The zero-order valence-electron chi connectivity index (χ0n) is 12.7. The second-order valence-electron chi connectivity index (χ2n) is 6.02. The topological polar surface area (TPSA) is 66.6 Å². The highest BCUT2D eigenvalue weighted by molar-refractivity contribution is 7.91. The van der Waals surface area contributed by atoms with Crippen LogP contribution in [0.1, 0.15) is 26.7 Å². The van der Waals surface area contributed by atoms with Gasteiger partial charge in [-0.1, -0.05) is 6.92 Å². The quantitative estimate of drug-likeness (QED) is 0.755. The number of nitrogens with zero attached hydrogens (tertiary/aromatic N) is 2. The van der Waals surface area contributed by atoms with Gasteiger partial charge in [-0.2, -0.15) is 0 Å². The molecule has 1 saturated heterocycles. The number of hydrogen-bond donors (Lipinski definition) is 1. The van der Waals surface area contributed by atoms with E-state index in [0.29, 0.717) is 18.3 Å². The monoisotopic (exact) mass is 291 g/mol. The van der Waals surface area contributed by atoms with Gasteiger partial charge in [0.2, 0.25) is 0 Å². The Labute approximate surface area is 118 Å². The summed E-state index contributed by atoms with van der Waals surface area (Å²) in [6.45, 7) is 6.40. The molecule has 2 unspecified atom stereocenters. The summed E-state index contributed by atoms with van der Waals surface area (Å²) in [5.74, 6) is 0.524. The van der Waals surface area contributed by atoms with E-state index in [9.17, 15) is 8.42 Å². The van der Waals surface area contributed by atoms with E-state index in [1.54, 1.807) is 0 Å². The van der Waals surface area contributed by atoms with E-state index in [2.05, 4.69) is 23.6 Å². The standard InChI is InChI=1S/C13H29N3O2S/c1-5-16(12(2)9-15(3)4)13(10-14)7-6-8-19(17,18)11-13/h12H,5-11,14H2,1-4H3. The van der Waals surface area contributed by atoms with E-state index in [1.165, 1.54) is 0 Å². The Balaban J connectivity index is 2.97. The zero-order valence-corrected chi connectivity index (χ0v) is 13.5. The predicted octanol–water partition coefficient (Wildman–Crippen LogP) is 0.165. The third-order valence-electron chi connectivity index (χ3n) is 4.08. The number of nitrogens with two attached hydrogens (primary N) is 1. The normalized spacial score (nSPS) is 28.8. The SMILES string of the molecule is CCN(C(C)CN(C)C)C1(CN)CCCS(=O)(=O)C1. The fourth-order valence-electron chi connectivity index (χ4n) is 3.42. The third kappa shape index (κ3) is 4.15. The molecule has 0 amide bonds. The van der Waals surface area contributed by atoms with Crippen molar-refractivity contribution in [1.82, 2.24) is 9.80 Å². The Morgan fingerprint density at radius 2 is 2.00 bits per heavy atom. The second kappa shape index (κ2) is 6.52. The Morgan fingerprint density at radius 3 is 2.42 bits per heavy atom. The molecule has 2 atom stereocenters.